The van der Waals surface area contributed by atoms with E-state index in [1.807, 2.05) is 18.2 Å². The van der Waals surface area contributed by atoms with Crippen LogP contribution in [0.25, 0.3) is 5.69 Å². The van der Waals surface area contributed by atoms with Gasteiger partial charge in [-0.1, -0.05) is 23.7 Å². The van der Waals surface area contributed by atoms with Crippen molar-refractivity contribution in [3.63, 3.8) is 0 Å². The molecule has 0 saturated carbocycles. The van der Waals surface area contributed by atoms with Crippen LogP contribution in [-0.4, -0.2) is 30.9 Å². The summed E-state index contributed by atoms with van der Waals surface area (Å²) in [6.07, 6.45) is 2.97. The van der Waals surface area contributed by atoms with Gasteiger partial charge in [-0.2, -0.15) is 5.10 Å². The zero-order chi connectivity index (χ0) is 14.7. The van der Waals surface area contributed by atoms with Crippen LogP contribution in [0.5, 0.6) is 0 Å². The van der Waals surface area contributed by atoms with E-state index in [2.05, 4.69) is 25.6 Å². The average molecular weight is 301 g/mol. The average Bonchev–Trinajstić information content (AvgIpc) is 3.02. The Labute approximate surface area is 124 Å². The van der Waals surface area contributed by atoms with Crippen LogP contribution in [0.2, 0.25) is 5.15 Å². The van der Waals surface area contributed by atoms with Crippen LogP contribution in [0.4, 0.5) is 5.69 Å². The van der Waals surface area contributed by atoms with Crippen molar-refractivity contribution in [2.24, 2.45) is 0 Å². The number of rotatable bonds is 3. The molecule has 21 heavy (non-hydrogen) atoms. The number of amides is 1. The molecule has 0 aliphatic heterocycles. The molecule has 7 nitrogen and oxygen atoms in total. The Balaban J connectivity index is 1.88. The van der Waals surface area contributed by atoms with Crippen molar-refractivity contribution in [3.05, 3.63) is 59.9 Å². The van der Waals surface area contributed by atoms with Crippen molar-refractivity contribution in [2.45, 2.75) is 0 Å². The molecule has 0 spiro atoms. The first-order valence-electron chi connectivity index (χ1n) is 5.98. The number of nitrogens with one attached hydrogen (secondary N) is 1. The van der Waals surface area contributed by atoms with Crippen LogP contribution >= 0.6 is 11.6 Å². The lowest BCUT2D eigenvalue weighted by Gasteiger charge is -2.09. The third-order valence-corrected chi connectivity index (χ3v) is 2.88. The maximum absolute atomic E-state index is 12.1. The number of nitrogens with zero attached hydrogens (tertiary/aromatic N) is 5. The first kappa shape index (κ1) is 13.2. The van der Waals surface area contributed by atoms with Gasteiger partial charge in [0.25, 0.3) is 5.91 Å². The van der Waals surface area contributed by atoms with Crippen LogP contribution in [0.1, 0.15) is 10.5 Å². The van der Waals surface area contributed by atoms with Gasteiger partial charge in [0.05, 0.1) is 11.4 Å². The first-order chi connectivity index (χ1) is 10.2. The molecule has 0 saturated heterocycles. The largest absolute Gasteiger partial charge is 0.319 e. The Morgan fingerprint density at radius 3 is 2.71 bits per heavy atom. The lowest BCUT2D eigenvalue weighted by Crippen LogP contribution is -2.15. The minimum Gasteiger partial charge on any atom is -0.319 e. The van der Waals surface area contributed by atoms with E-state index < -0.39 is 0 Å². The molecule has 0 aliphatic rings. The van der Waals surface area contributed by atoms with E-state index in [4.69, 9.17) is 11.6 Å². The Bertz CT molecular complexity index is 757. The zero-order valence-corrected chi connectivity index (χ0v) is 11.4. The van der Waals surface area contributed by atoms with Gasteiger partial charge >= 0.3 is 0 Å². The minimum atomic E-state index is -0.383. The van der Waals surface area contributed by atoms with Crippen molar-refractivity contribution >= 4 is 23.2 Å². The summed E-state index contributed by atoms with van der Waals surface area (Å²) in [5, 5.41) is 14.4. The maximum atomic E-state index is 12.1. The summed E-state index contributed by atoms with van der Waals surface area (Å²) in [6.45, 7) is 0. The topological polar surface area (TPSA) is 85.6 Å². The quantitative estimate of drug-likeness (QED) is 0.799. The SMILES string of the molecule is O=C(Nc1ccccc1-n1cncn1)c1ccc(Cl)nn1. The highest BCUT2D eigenvalue weighted by Crippen LogP contribution is 2.19. The van der Waals surface area contributed by atoms with E-state index in [1.165, 1.54) is 18.5 Å². The molecule has 0 bridgehead atoms. The fourth-order valence-electron chi connectivity index (χ4n) is 1.74. The molecular weight excluding hydrogens is 292 g/mol. The molecule has 3 aromatic rings. The van der Waals surface area contributed by atoms with E-state index >= 15 is 0 Å². The highest BCUT2D eigenvalue weighted by molar-refractivity contribution is 6.29. The number of carbonyl (C=O) groups is 1. The monoisotopic (exact) mass is 300 g/mol. The minimum absolute atomic E-state index is 0.174. The van der Waals surface area contributed by atoms with Crippen molar-refractivity contribution in [1.29, 1.82) is 0 Å². The van der Waals surface area contributed by atoms with Gasteiger partial charge in [0, 0.05) is 0 Å². The molecule has 8 heteroatoms. The number of halogens is 1. The molecule has 104 valence electrons. The second-order valence-corrected chi connectivity index (χ2v) is 4.44. The van der Waals surface area contributed by atoms with E-state index in [-0.39, 0.29) is 16.8 Å². The van der Waals surface area contributed by atoms with Gasteiger partial charge in [-0.15, -0.1) is 10.2 Å². The second-order valence-electron chi connectivity index (χ2n) is 4.05. The fraction of sp³-hybridized carbons (Fsp3) is 0. The van der Waals surface area contributed by atoms with Gasteiger partial charge in [-0.05, 0) is 24.3 Å². The number of hydrogen-bond acceptors (Lipinski definition) is 5. The molecule has 0 radical (unpaired) electrons. The van der Waals surface area contributed by atoms with Crippen LogP contribution in [0.3, 0.4) is 0 Å². The molecule has 3 rings (SSSR count). The molecule has 0 aliphatic carbocycles. The summed E-state index contributed by atoms with van der Waals surface area (Å²) < 4.78 is 1.56. The van der Waals surface area contributed by atoms with E-state index in [0.717, 1.165) is 0 Å². The number of carbonyl (C=O) groups excluding carboxylic acids is 1. The van der Waals surface area contributed by atoms with Crippen molar-refractivity contribution in [1.82, 2.24) is 25.0 Å². The number of para-hydroxylation sites is 2. The number of aromatic nitrogens is 5. The second kappa shape index (κ2) is 5.68. The van der Waals surface area contributed by atoms with Crippen LogP contribution in [0, 0.1) is 0 Å². The molecule has 2 aromatic heterocycles. The molecule has 2 heterocycles. The number of hydrogen-bond donors (Lipinski definition) is 1. The summed E-state index contributed by atoms with van der Waals surface area (Å²) in [5.74, 6) is -0.383. The normalized spacial score (nSPS) is 10.3. The molecule has 1 N–H and O–H groups in total. The van der Waals surface area contributed by atoms with Gasteiger partial charge in [0.15, 0.2) is 10.8 Å². The predicted molar refractivity (Wildman–Crippen MR) is 76.4 cm³/mol. The van der Waals surface area contributed by atoms with Gasteiger partial charge in [0.1, 0.15) is 12.7 Å². The molecule has 1 amide bonds. The lowest BCUT2D eigenvalue weighted by atomic mass is 10.2. The number of anilines is 1. The molecular formula is C13H9ClN6O. The van der Waals surface area contributed by atoms with Crippen molar-refractivity contribution in [3.8, 4) is 5.69 Å². The van der Waals surface area contributed by atoms with E-state index in [9.17, 15) is 4.79 Å². The van der Waals surface area contributed by atoms with Gasteiger partial charge < -0.3 is 5.32 Å². The van der Waals surface area contributed by atoms with Crippen LogP contribution < -0.4 is 5.32 Å². The third-order valence-electron chi connectivity index (χ3n) is 2.68. The van der Waals surface area contributed by atoms with Crippen molar-refractivity contribution < 1.29 is 4.79 Å². The Hall–Kier alpha value is -2.80. The molecule has 0 fully saturated rings. The van der Waals surface area contributed by atoms with Gasteiger partial charge in [-0.25, -0.2) is 9.67 Å². The summed E-state index contributed by atoms with van der Waals surface area (Å²) in [7, 11) is 0. The Kier molecular flexibility index (Phi) is 3.57. The van der Waals surface area contributed by atoms with Gasteiger partial charge in [-0.3, -0.25) is 4.79 Å². The third kappa shape index (κ3) is 2.87. The van der Waals surface area contributed by atoms with E-state index in [1.54, 1.807) is 17.1 Å². The zero-order valence-electron chi connectivity index (χ0n) is 10.6. The Morgan fingerprint density at radius 2 is 2.00 bits per heavy atom. The van der Waals surface area contributed by atoms with Crippen LogP contribution in [-0.2, 0) is 0 Å². The standard InChI is InChI=1S/C13H9ClN6O/c14-12-6-5-10(18-19-12)13(21)17-9-3-1-2-4-11(9)20-8-15-7-16-20/h1-8H,(H,17,21). The smallest absolute Gasteiger partial charge is 0.276 e. The highest BCUT2D eigenvalue weighted by atomic mass is 35.5. The molecule has 0 atom stereocenters. The summed E-state index contributed by atoms with van der Waals surface area (Å²) in [4.78, 5) is 16.0. The van der Waals surface area contributed by atoms with Crippen LogP contribution in [0.15, 0.2) is 49.1 Å². The van der Waals surface area contributed by atoms with E-state index in [0.29, 0.717) is 11.4 Å². The first-order valence-corrected chi connectivity index (χ1v) is 6.36. The summed E-state index contributed by atoms with van der Waals surface area (Å²) in [5.41, 5.74) is 1.46. The van der Waals surface area contributed by atoms with Crippen molar-refractivity contribution in [2.75, 3.05) is 5.32 Å². The summed E-state index contributed by atoms with van der Waals surface area (Å²) >= 11 is 5.65. The summed E-state index contributed by atoms with van der Waals surface area (Å²) in [6, 6.07) is 10.2. The lowest BCUT2D eigenvalue weighted by molar-refractivity contribution is 0.102. The predicted octanol–water partition coefficient (Wildman–Crippen LogP) is 1.96. The fourth-order valence-corrected chi connectivity index (χ4v) is 1.84. The maximum Gasteiger partial charge on any atom is 0.276 e. The molecule has 0 unspecified atom stereocenters. The number of benzene rings is 1. The van der Waals surface area contributed by atoms with Gasteiger partial charge in [0.2, 0.25) is 0 Å². The molecule has 1 aromatic carbocycles. The Morgan fingerprint density at radius 1 is 1.14 bits per heavy atom. The highest BCUT2D eigenvalue weighted by Gasteiger charge is 2.12.